The van der Waals surface area contributed by atoms with Crippen molar-refractivity contribution in [3.63, 3.8) is 0 Å². The van der Waals surface area contributed by atoms with Crippen molar-refractivity contribution in [3.05, 3.63) is 52.6 Å². The molecule has 2 N–H and O–H groups in total. The van der Waals surface area contributed by atoms with Gasteiger partial charge in [0.25, 0.3) is 0 Å². The zero-order chi connectivity index (χ0) is 27.6. The SMILES string of the molecule is Cn1nc(-c2cc(C(C)(C)C)c(O)c(C(C)(C)C)c2)cc1-c1cc(C(C)(C)C)c(O)c(C(C)(C)C)c1. The molecule has 4 nitrogen and oxygen atoms in total. The van der Waals surface area contributed by atoms with Gasteiger partial charge in [0.15, 0.2) is 0 Å². The maximum Gasteiger partial charge on any atom is 0.123 e. The Morgan fingerprint density at radius 1 is 0.528 bits per heavy atom. The van der Waals surface area contributed by atoms with Crippen LogP contribution in [0.4, 0.5) is 0 Å². The van der Waals surface area contributed by atoms with Gasteiger partial charge >= 0.3 is 0 Å². The third kappa shape index (κ3) is 5.33. The van der Waals surface area contributed by atoms with Gasteiger partial charge in [0.1, 0.15) is 11.5 Å². The van der Waals surface area contributed by atoms with Crippen LogP contribution in [0.1, 0.15) is 105 Å². The Hall–Kier alpha value is -2.75. The average molecular weight is 491 g/mol. The Balaban J connectivity index is 2.29. The van der Waals surface area contributed by atoms with Gasteiger partial charge in [0.05, 0.1) is 11.4 Å². The largest absolute Gasteiger partial charge is 0.507 e. The molecular formula is C32H46N2O2. The van der Waals surface area contributed by atoms with Gasteiger partial charge in [-0.25, -0.2) is 0 Å². The van der Waals surface area contributed by atoms with Gasteiger partial charge in [-0.15, -0.1) is 0 Å². The number of aromatic hydroxyl groups is 2. The summed E-state index contributed by atoms with van der Waals surface area (Å²) in [5, 5.41) is 27.2. The van der Waals surface area contributed by atoms with Gasteiger partial charge in [-0.3, -0.25) is 4.68 Å². The molecule has 4 heteroatoms. The lowest BCUT2D eigenvalue weighted by molar-refractivity contribution is 0.422. The Morgan fingerprint density at radius 3 is 1.14 bits per heavy atom. The van der Waals surface area contributed by atoms with E-state index in [1.54, 1.807) is 0 Å². The van der Waals surface area contributed by atoms with Crippen LogP contribution in [0.25, 0.3) is 22.5 Å². The molecule has 1 aromatic heterocycles. The van der Waals surface area contributed by atoms with Crippen LogP contribution >= 0.6 is 0 Å². The lowest BCUT2D eigenvalue weighted by atomic mass is 9.78. The fourth-order valence-electron chi connectivity index (χ4n) is 4.73. The molecule has 3 aromatic rings. The number of hydrogen-bond donors (Lipinski definition) is 2. The first-order valence-electron chi connectivity index (χ1n) is 12.9. The Kier molecular flexibility index (Phi) is 6.71. The lowest BCUT2D eigenvalue weighted by Gasteiger charge is -2.28. The molecule has 0 saturated carbocycles. The molecule has 0 fully saturated rings. The summed E-state index contributed by atoms with van der Waals surface area (Å²) >= 11 is 0. The summed E-state index contributed by atoms with van der Waals surface area (Å²) in [5.74, 6) is 0.752. The molecule has 0 amide bonds. The average Bonchev–Trinajstić information content (AvgIpc) is 3.06. The molecule has 0 spiro atoms. The quantitative estimate of drug-likeness (QED) is 0.379. The summed E-state index contributed by atoms with van der Waals surface area (Å²) in [4.78, 5) is 0. The number of rotatable bonds is 2. The summed E-state index contributed by atoms with van der Waals surface area (Å²) < 4.78 is 1.92. The highest BCUT2D eigenvalue weighted by Crippen LogP contribution is 2.44. The van der Waals surface area contributed by atoms with Gasteiger partial charge in [-0.2, -0.15) is 5.10 Å². The molecule has 1 heterocycles. The lowest BCUT2D eigenvalue weighted by Crippen LogP contribution is -2.17. The third-order valence-corrected chi connectivity index (χ3v) is 6.92. The summed E-state index contributed by atoms with van der Waals surface area (Å²) in [6, 6.07) is 10.5. The zero-order valence-corrected chi connectivity index (χ0v) is 24.7. The van der Waals surface area contributed by atoms with E-state index in [1.807, 2.05) is 11.7 Å². The van der Waals surface area contributed by atoms with E-state index in [1.165, 1.54) is 0 Å². The Bertz CT molecular complexity index is 1210. The van der Waals surface area contributed by atoms with Crippen molar-refractivity contribution in [2.45, 2.75) is 105 Å². The molecule has 0 saturated heterocycles. The van der Waals surface area contributed by atoms with E-state index in [2.05, 4.69) is 113 Å². The van der Waals surface area contributed by atoms with Gasteiger partial charge in [-0.05, 0) is 52.0 Å². The van der Waals surface area contributed by atoms with E-state index >= 15 is 0 Å². The van der Waals surface area contributed by atoms with Crippen molar-refractivity contribution in [1.82, 2.24) is 9.78 Å². The number of aromatic nitrogens is 2. The van der Waals surface area contributed by atoms with Crippen LogP contribution in [-0.4, -0.2) is 20.0 Å². The van der Waals surface area contributed by atoms with Crippen molar-refractivity contribution in [3.8, 4) is 34.0 Å². The standard InChI is InChI=1S/C32H46N2O2/c1-29(2,3)21-14-19(15-22(27(21)35)30(4,5)6)25-18-26(34(13)33-25)20-16-23(31(7,8)9)28(36)24(17-20)32(10,11)12/h14-18,35-36H,1-13H3. The fraction of sp³-hybridized carbons (Fsp3) is 0.531. The molecule has 196 valence electrons. The molecule has 0 bridgehead atoms. The van der Waals surface area contributed by atoms with Crippen molar-refractivity contribution in [2.24, 2.45) is 7.05 Å². The number of phenols is 2. The summed E-state index contributed by atoms with van der Waals surface area (Å²) in [6.07, 6.45) is 0. The van der Waals surface area contributed by atoms with Gasteiger partial charge in [-0.1, -0.05) is 83.1 Å². The predicted molar refractivity (Wildman–Crippen MR) is 152 cm³/mol. The smallest absolute Gasteiger partial charge is 0.123 e. The van der Waals surface area contributed by atoms with Gasteiger partial charge in [0, 0.05) is 40.4 Å². The maximum atomic E-state index is 11.2. The first kappa shape index (κ1) is 27.8. The van der Waals surface area contributed by atoms with E-state index in [9.17, 15) is 10.2 Å². The van der Waals surface area contributed by atoms with Crippen LogP contribution < -0.4 is 0 Å². The van der Waals surface area contributed by atoms with E-state index in [0.29, 0.717) is 11.5 Å². The first-order chi connectivity index (χ1) is 16.1. The zero-order valence-electron chi connectivity index (χ0n) is 24.7. The van der Waals surface area contributed by atoms with Crippen molar-refractivity contribution < 1.29 is 10.2 Å². The molecule has 3 rings (SSSR count). The fourth-order valence-corrected chi connectivity index (χ4v) is 4.73. The monoisotopic (exact) mass is 490 g/mol. The molecule has 0 radical (unpaired) electrons. The number of hydrogen-bond acceptors (Lipinski definition) is 3. The third-order valence-electron chi connectivity index (χ3n) is 6.92. The summed E-state index contributed by atoms with van der Waals surface area (Å²) in [6.45, 7) is 25.5. The number of aryl methyl sites for hydroxylation is 1. The highest BCUT2D eigenvalue weighted by atomic mass is 16.3. The maximum absolute atomic E-state index is 11.2. The van der Waals surface area contributed by atoms with Gasteiger partial charge < -0.3 is 10.2 Å². The Morgan fingerprint density at radius 2 is 0.833 bits per heavy atom. The van der Waals surface area contributed by atoms with Crippen LogP contribution in [0.3, 0.4) is 0 Å². The molecule has 2 aromatic carbocycles. The molecular weight excluding hydrogens is 444 g/mol. The highest BCUT2D eigenvalue weighted by molar-refractivity contribution is 5.73. The highest BCUT2D eigenvalue weighted by Gasteiger charge is 2.29. The van der Waals surface area contributed by atoms with Crippen LogP contribution in [0.2, 0.25) is 0 Å². The summed E-state index contributed by atoms with van der Waals surface area (Å²) in [7, 11) is 1.97. The van der Waals surface area contributed by atoms with Crippen molar-refractivity contribution in [2.75, 3.05) is 0 Å². The van der Waals surface area contributed by atoms with E-state index in [4.69, 9.17) is 5.10 Å². The second-order valence-corrected chi connectivity index (χ2v) is 14.4. The predicted octanol–water partition coefficient (Wildman–Crippen LogP) is 8.36. The first-order valence-corrected chi connectivity index (χ1v) is 12.9. The van der Waals surface area contributed by atoms with Crippen molar-refractivity contribution in [1.29, 1.82) is 0 Å². The van der Waals surface area contributed by atoms with E-state index < -0.39 is 0 Å². The molecule has 0 aliphatic carbocycles. The second-order valence-electron chi connectivity index (χ2n) is 14.4. The summed E-state index contributed by atoms with van der Waals surface area (Å²) in [5.41, 5.74) is 6.77. The Labute approximate surface area is 218 Å². The van der Waals surface area contributed by atoms with Crippen LogP contribution in [0, 0.1) is 0 Å². The minimum atomic E-state index is -0.210. The number of benzene rings is 2. The number of nitrogens with zero attached hydrogens (tertiary/aromatic N) is 2. The topological polar surface area (TPSA) is 58.3 Å². The molecule has 0 aliphatic rings. The minimum absolute atomic E-state index is 0.207. The minimum Gasteiger partial charge on any atom is -0.507 e. The van der Waals surface area contributed by atoms with E-state index in [0.717, 1.165) is 44.8 Å². The molecule has 0 aliphatic heterocycles. The van der Waals surface area contributed by atoms with Crippen LogP contribution in [-0.2, 0) is 28.7 Å². The molecule has 36 heavy (non-hydrogen) atoms. The van der Waals surface area contributed by atoms with Gasteiger partial charge in [0.2, 0.25) is 0 Å². The molecule has 0 unspecified atom stereocenters. The van der Waals surface area contributed by atoms with E-state index in [-0.39, 0.29) is 21.7 Å². The number of phenolic OH excluding ortho intramolecular Hbond substituents is 2. The normalized spacial score (nSPS) is 13.4. The van der Waals surface area contributed by atoms with Crippen LogP contribution in [0.5, 0.6) is 11.5 Å². The second kappa shape index (κ2) is 8.68. The molecule has 0 atom stereocenters. The van der Waals surface area contributed by atoms with Crippen molar-refractivity contribution >= 4 is 0 Å². The van der Waals surface area contributed by atoms with Crippen LogP contribution in [0.15, 0.2) is 30.3 Å².